The van der Waals surface area contributed by atoms with E-state index in [1.807, 2.05) is 0 Å². The number of carboxylic acids is 1. The molecule has 16 heavy (non-hydrogen) atoms. The molecule has 88 valence electrons. The van der Waals surface area contributed by atoms with Gasteiger partial charge in [0.2, 0.25) is 0 Å². The second kappa shape index (κ2) is 4.93. The molecule has 1 rings (SSSR count). The standard InChI is InChI=1S/C9H9F3N2O2/c10-8-4(2-7(15)16)1-5(9(11)12)14-6(8)3-13/h1,9H,2-3,13H2,(H,15,16). The summed E-state index contributed by atoms with van der Waals surface area (Å²) >= 11 is 0. The van der Waals surface area contributed by atoms with Gasteiger partial charge in [-0.2, -0.15) is 0 Å². The van der Waals surface area contributed by atoms with Crippen LogP contribution in [0.3, 0.4) is 0 Å². The van der Waals surface area contributed by atoms with Crippen molar-refractivity contribution in [2.24, 2.45) is 5.73 Å². The number of aliphatic carboxylic acids is 1. The lowest BCUT2D eigenvalue weighted by Crippen LogP contribution is -2.11. The second-order valence-electron chi connectivity index (χ2n) is 3.04. The largest absolute Gasteiger partial charge is 0.481 e. The van der Waals surface area contributed by atoms with Crippen molar-refractivity contribution in [2.45, 2.75) is 19.4 Å². The van der Waals surface area contributed by atoms with Crippen LogP contribution in [0.25, 0.3) is 0 Å². The van der Waals surface area contributed by atoms with Crippen LogP contribution >= 0.6 is 0 Å². The van der Waals surface area contributed by atoms with Gasteiger partial charge in [0.15, 0.2) is 0 Å². The maximum Gasteiger partial charge on any atom is 0.307 e. The highest BCUT2D eigenvalue weighted by atomic mass is 19.3. The molecule has 0 aliphatic rings. The van der Waals surface area contributed by atoms with Crippen LogP contribution < -0.4 is 5.73 Å². The van der Waals surface area contributed by atoms with Gasteiger partial charge in [0, 0.05) is 12.1 Å². The average molecular weight is 234 g/mol. The molecule has 0 fully saturated rings. The van der Waals surface area contributed by atoms with Crippen molar-refractivity contribution in [3.05, 3.63) is 28.8 Å². The molecule has 0 saturated heterocycles. The zero-order chi connectivity index (χ0) is 12.3. The predicted octanol–water partition coefficient (Wildman–Crippen LogP) is 1.24. The van der Waals surface area contributed by atoms with Gasteiger partial charge in [-0.1, -0.05) is 0 Å². The van der Waals surface area contributed by atoms with Crippen LogP contribution in [0.4, 0.5) is 13.2 Å². The van der Waals surface area contributed by atoms with Crippen molar-refractivity contribution in [1.82, 2.24) is 4.98 Å². The summed E-state index contributed by atoms with van der Waals surface area (Å²) in [5.41, 5.74) is 3.77. The zero-order valence-corrected chi connectivity index (χ0v) is 8.08. The second-order valence-corrected chi connectivity index (χ2v) is 3.04. The van der Waals surface area contributed by atoms with E-state index in [1.54, 1.807) is 0 Å². The van der Waals surface area contributed by atoms with Gasteiger partial charge in [-0.25, -0.2) is 18.2 Å². The molecular weight excluding hydrogens is 225 g/mol. The number of halogens is 3. The summed E-state index contributed by atoms with van der Waals surface area (Å²) in [5, 5.41) is 8.48. The highest BCUT2D eigenvalue weighted by Crippen LogP contribution is 2.21. The van der Waals surface area contributed by atoms with Crippen LogP contribution in [0.1, 0.15) is 23.4 Å². The Bertz CT molecular complexity index is 410. The van der Waals surface area contributed by atoms with Crippen LogP contribution in [0.15, 0.2) is 6.07 Å². The summed E-state index contributed by atoms with van der Waals surface area (Å²) in [6, 6.07) is 0.743. The van der Waals surface area contributed by atoms with Gasteiger partial charge in [-0.15, -0.1) is 0 Å². The molecule has 3 N–H and O–H groups in total. The highest BCUT2D eigenvalue weighted by molar-refractivity contribution is 5.70. The van der Waals surface area contributed by atoms with Gasteiger partial charge >= 0.3 is 5.97 Å². The first-order valence-corrected chi connectivity index (χ1v) is 4.34. The maximum atomic E-state index is 13.4. The third-order valence-electron chi connectivity index (χ3n) is 1.88. The predicted molar refractivity (Wildman–Crippen MR) is 48.4 cm³/mol. The van der Waals surface area contributed by atoms with E-state index in [-0.39, 0.29) is 17.8 Å². The van der Waals surface area contributed by atoms with Crippen LogP contribution in [-0.4, -0.2) is 16.1 Å². The topological polar surface area (TPSA) is 76.2 Å². The monoisotopic (exact) mass is 234 g/mol. The fourth-order valence-corrected chi connectivity index (χ4v) is 1.20. The minimum absolute atomic E-state index is 0.335. The van der Waals surface area contributed by atoms with E-state index in [0.717, 1.165) is 6.07 Å². The zero-order valence-electron chi connectivity index (χ0n) is 8.08. The molecule has 0 aliphatic carbocycles. The third kappa shape index (κ3) is 2.69. The Kier molecular flexibility index (Phi) is 3.83. The van der Waals surface area contributed by atoms with E-state index in [2.05, 4.69) is 4.98 Å². The van der Waals surface area contributed by atoms with E-state index in [0.29, 0.717) is 0 Å². The first kappa shape index (κ1) is 12.4. The summed E-state index contributed by atoms with van der Waals surface area (Å²) in [6.07, 6.45) is -3.57. The lowest BCUT2D eigenvalue weighted by Gasteiger charge is -2.08. The molecule has 0 saturated carbocycles. The highest BCUT2D eigenvalue weighted by Gasteiger charge is 2.18. The van der Waals surface area contributed by atoms with E-state index >= 15 is 0 Å². The van der Waals surface area contributed by atoms with E-state index in [9.17, 15) is 18.0 Å². The molecule has 4 nitrogen and oxygen atoms in total. The molecule has 1 heterocycles. The number of alkyl halides is 2. The lowest BCUT2D eigenvalue weighted by molar-refractivity contribution is -0.136. The quantitative estimate of drug-likeness (QED) is 0.821. The Labute approximate surface area is 88.9 Å². The number of nitrogens with two attached hydrogens (primary N) is 1. The van der Waals surface area contributed by atoms with Gasteiger partial charge in [0.1, 0.15) is 11.5 Å². The van der Waals surface area contributed by atoms with Crippen LogP contribution in [-0.2, 0) is 17.8 Å². The minimum atomic E-state index is -2.89. The summed E-state index contributed by atoms with van der Waals surface area (Å²) in [7, 11) is 0. The molecule has 1 aromatic rings. The number of hydrogen-bond acceptors (Lipinski definition) is 3. The number of rotatable bonds is 4. The fraction of sp³-hybridized carbons (Fsp3) is 0.333. The number of pyridine rings is 1. The average Bonchev–Trinajstić information content (AvgIpc) is 2.20. The Balaban J connectivity index is 3.24. The molecule has 0 bridgehead atoms. The summed E-state index contributed by atoms with van der Waals surface area (Å²) in [6.45, 7) is -0.362. The molecule has 0 atom stereocenters. The van der Waals surface area contributed by atoms with Crippen molar-refractivity contribution in [3.8, 4) is 0 Å². The fourth-order valence-electron chi connectivity index (χ4n) is 1.20. The summed E-state index contributed by atoms with van der Waals surface area (Å²) in [5.74, 6) is -2.25. The molecule has 7 heteroatoms. The van der Waals surface area contributed by atoms with Gasteiger partial charge in [0.05, 0.1) is 12.1 Å². The number of carboxylic acid groups (broad SMARTS) is 1. The van der Waals surface area contributed by atoms with Gasteiger partial charge < -0.3 is 10.8 Å². The molecule has 0 spiro atoms. The maximum absolute atomic E-state index is 13.4. The Morgan fingerprint density at radius 1 is 1.56 bits per heavy atom. The Morgan fingerprint density at radius 2 is 2.19 bits per heavy atom. The lowest BCUT2D eigenvalue weighted by atomic mass is 10.1. The molecular formula is C9H9F3N2O2. The minimum Gasteiger partial charge on any atom is -0.481 e. The van der Waals surface area contributed by atoms with Crippen molar-refractivity contribution >= 4 is 5.97 Å². The van der Waals surface area contributed by atoms with Gasteiger partial charge in [-0.05, 0) is 6.07 Å². The number of nitrogens with zero attached hydrogens (tertiary/aromatic N) is 1. The third-order valence-corrected chi connectivity index (χ3v) is 1.88. The number of aromatic nitrogens is 1. The summed E-state index contributed by atoms with van der Waals surface area (Å²) < 4.78 is 38.1. The van der Waals surface area contributed by atoms with E-state index in [1.165, 1.54) is 0 Å². The Hall–Kier alpha value is -1.63. The molecule has 0 unspecified atom stereocenters. The smallest absolute Gasteiger partial charge is 0.307 e. The van der Waals surface area contributed by atoms with E-state index < -0.39 is 30.3 Å². The molecule has 1 aromatic heterocycles. The number of carbonyl (C=O) groups is 1. The van der Waals surface area contributed by atoms with Crippen molar-refractivity contribution in [1.29, 1.82) is 0 Å². The van der Waals surface area contributed by atoms with Crippen LogP contribution in [0.2, 0.25) is 0 Å². The number of hydrogen-bond donors (Lipinski definition) is 2. The first-order chi connectivity index (χ1) is 7.45. The first-order valence-electron chi connectivity index (χ1n) is 4.34. The normalized spacial score (nSPS) is 10.8. The van der Waals surface area contributed by atoms with E-state index in [4.69, 9.17) is 10.8 Å². The SMILES string of the molecule is NCc1nc(C(F)F)cc(CC(=O)O)c1F. The molecule has 0 aromatic carbocycles. The van der Waals surface area contributed by atoms with Crippen molar-refractivity contribution in [2.75, 3.05) is 0 Å². The molecule has 0 amide bonds. The van der Waals surface area contributed by atoms with Crippen molar-refractivity contribution in [3.63, 3.8) is 0 Å². The molecule has 0 aliphatic heterocycles. The van der Waals surface area contributed by atoms with Gasteiger partial charge in [0.25, 0.3) is 6.43 Å². The van der Waals surface area contributed by atoms with Gasteiger partial charge in [-0.3, -0.25) is 4.79 Å². The molecule has 0 radical (unpaired) electrons. The summed E-state index contributed by atoms with van der Waals surface area (Å²) in [4.78, 5) is 13.7. The Morgan fingerprint density at radius 3 is 2.62 bits per heavy atom. The van der Waals surface area contributed by atoms with Crippen molar-refractivity contribution < 1.29 is 23.1 Å². The van der Waals surface area contributed by atoms with Crippen LogP contribution in [0.5, 0.6) is 0 Å². The van der Waals surface area contributed by atoms with Crippen LogP contribution in [0, 0.1) is 5.82 Å².